The first-order valence-electron chi connectivity index (χ1n) is 9.35. The molecule has 0 spiro atoms. The van der Waals surface area contributed by atoms with Crippen molar-refractivity contribution in [2.45, 2.75) is 34.1 Å². The second kappa shape index (κ2) is 12.3. The number of carbonyl (C=O) groups excluding carboxylic acids is 2. The molecule has 1 aromatic rings. The number of carbonyl (C=O) groups is 2. The summed E-state index contributed by atoms with van der Waals surface area (Å²) in [6.45, 7) is 11.8. The van der Waals surface area contributed by atoms with Crippen molar-refractivity contribution in [2.24, 2.45) is 0 Å². The molecule has 0 aliphatic carbocycles. The molecular weight excluding hydrogens is 332 g/mol. The molecule has 0 radical (unpaired) electrons. The van der Waals surface area contributed by atoms with E-state index in [0.717, 1.165) is 25.2 Å². The Bertz CT molecular complexity index is 541. The largest absolute Gasteiger partial charge is 0.484 e. The standard InChI is InChI=1S/C20H32N2O4/c1-5-21(6-2)14-15-22(13-12-20(24)25-7-3)19(23)16-26-18-10-8-17(4)9-11-18/h8-11H,5-7,12-16H2,1-4H3. The highest BCUT2D eigenvalue weighted by molar-refractivity contribution is 5.78. The van der Waals surface area contributed by atoms with Crippen LogP contribution in [0.2, 0.25) is 0 Å². The Labute approximate surface area is 157 Å². The first kappa shape index (κ1) is 22.0. The molecule has 6 heteroatoms. The second-order valence-electron chi connectivity index (χ2n) is 6.06. The Morgan fingerprint density at radius 3 is 2.19 bits per heavy atom. The zero-order chi connectivity index (χ0) is 19.4. The summed E-state index contributed by atoms with van der Waals surface area (Å²) < 4.78 is 10.6. The van der Waals surface area contributed by atoms with Crippen molar-refractivity contribution in [1.82, 2.24) is 9.80 Å². The highest BCUT2D eigenvalue weighted by Crippen LogP contribution is 2.11. The Balaban J connectivity index is 2.60. The van der Waals surface area contributed by atoms with Crippen molar-refractivity contribution in [2.75, 3.05) is 45.9 Å². The minimum Gasteiger partial charge on any atom is -0.484 e. The molecule has 0 unspecified atom stereocenters. The molecule has 0 N–H and O–H groups in total. The summed E-state index contributed by atoms with van der Waals surface area (Å²) >= 11 is 0. The highest BCUT2D eigenvalue weighted by Gasteiger charge is 2.17. The number of esters is 1. The van der Waals surface area contributed by atoms with Gasteiger partial charge in [0.05, 0.1) is 13.0 Å². The summed E-state index contributed by atoms with van der Waals surface area (Å²) in [4.78, 5) is 28.1. The second-order valence-corrected chi connectivity index (χ2v) is 6.06. The number of hydrogen-bond donors (Lipinski definition) is 0. The number of nitrogens with zero attached hydrogens (tertiary/aromatic N) is 2. The van der Waals surface area contributed by atoms with Gasteiger partial charge in [-0.2, -0.15) is 0 Å². The average molecular weight is 364 g/mol. The molecule has 26 heavy (non-hydrogen) atoms. The Hall–Kier alpha value is -2.08. The highest BCUT2D eigenvalue weighted by atomic mass is 16.5. The summed E-state index contributed by atoms with van der Waals surface area (Å²) in [6, 6.07) is 7.58. The lowest BCUT2D eigenvalue weighted by Crippen LogP contribution is -2.42. The summed E-state index contributed by atoms with van der Waals surface area (Å²) in [7, 11) is 0. The molecule has 146 valence electrons. The van der Waals surface area contributed by atoms with Gasteiger partial charge in [0.1, 0.15) is 5.75 Å². The number of benzene rings is 1. The molecule has 0 saturated heterocycles. The van der Waals surface area contributed by atoms with Crippen LogP contribution in [0.3, 0.4) is 0 Å². The van der Waals surface area contributed by atoms with Crippen LogP contribution in [-0.2, 0) is 14.3 Å². The Kier molecular flexibility index (Phi) is 10.4. The zero-order valence-electron chi connectivity index (χ0n) is 16.5. The number of ether oxygens (including phenoxy) is 2. The van der Waals surface area contributed by atoms with Gasteiger partial charge in [0.25, 0.3) is 5.91 Å². The van der Waals surface area contributed by atoms with Crippen LogP contribution in [0.5, 0.6) is 5.75 Å². The van der Waals surface area contributed by atoms with E-state index in [-0.39, 0.29) is 24.9 Å². The molecule has 0 heterocycles. The SMILES string of the molecule is CCOC(=O)CCN(CCN(CC)CC)C(=O)COc1ccc(C)cc1. The van der Waals surface area contributed by atoms with Crippen LogP contribution in [0.4, 0.5) is 0 Å². The first-order chi connectivity index (χ1) is 12.5. The quantitative estimate of drug-likeness (QED) is 0.533. The smallest absolute Gasteiger partial charge is 0.307 e. The van der Waals surface area contributed by atoms with E-state index in [2.05, 4.69) is 18.7 Å². The van der Waals surface area contributed by atoms with Crippen LogP contribution in [-0.4, -0.2) is 67.6 Å². The van der Waals surface area contributed by atoms with Gasteiger partial charge in [-0.1, -0.05) is 31.5 Å². The van der Waals surface area contributed by atoms with Crippen molar-refractivity contribution < 1.29 is 19.1 Å². The van der Waals surface area contributed by atoms with Gasteiger partial charge in [-0.15, -0.1) is 0 Å². The third kappa shape index (κ3) is 8.34. The number of rotatable bonds is 12. The summed E-state index contributed by atoms with van der Waals surface area (Å²) in [6.07, 6.45) is 0.197. The Morgan fingerprint density at radius 2 is 1.62 bits per heavy atom. The van der Waals surface area contributed by atoms with Crippen molar-refractivity contribution in [3.8, 4) is 5.75 Å². The fourth-order valence-electron chi connectivity index (χ4n) is 2.49. The maximum absolute atomic E-state index is 12.6. The number of aryl methyl sites for hydroxylation is 1. The van der Waals surface area contributed by atoms with Gasteiger partial charge in [0.15, 0.2) is 6.61 Å². The molecule has 1 aromatic carbocycles. The van der Waals surface area contributed by atoms with Crippen molar-refractivity contribution in [1.29, 1.82) is 0 Å². The van der Waals surface area contributed by atoms with Crippen LogP contribution < -0.4 is 4.74 Å². The lowest BCUT2D eigenvalue weighted by molar-refractivity contribution is -0.144. The van der Waals surface area contributed by atoms with Gasteiger partial charge in [-0.3, -0.25) is 9.59 Å². The number of likely N-dealkylation sites (N-methyl/N-ethyl adjacent to an activating group) is 1. The molecular formula is C20H32N2O4. The van der Waals surface area contributed by atoms with E-state index >= 15 is 0 Å². The predicted octanol–water partition coefficient (Wildman–Crippen LogP) is 2.50. The number of hydrogen-bond acceptors (Lipinski definition) is 5. The third-order valence-electron chi connectivity index (χ3n) is 4.21. The van der Waals surface area contributed by atoms with Gasteiger partial charge in [-0.25, -0.2) is 0 Å². The van der Waals surface area contributed by atoms with E-state index in [1.807, 2.05) is 31.2 Å². The molecule has 0 aliphatic heterocycles. The molecule has 6 nitrogen and oxygen atoms in total. The van der Waals surface area contributed by atoms with Crippen LogP contribution >= 0.6 is 0 Å². The topological polar surface area (TPSA) is 59.1 Å². The van der Waals surface area contributed by atoms with E-state index in [9.17, 15) is 9.59 Å². The molecule has 0 fully saturated rings. The van der Waals surface area contributed by atoms with Gasteiger partial charge in [0, 0.05) is 19.6 Å². The summed E-state index contributed by atoms with van der Waals surface area (Å²) in [5, 5.41) is 0. The fourth-order valence-corrected chi connectivity index (χ4v) is 2.49. The molecule has 1 amide bonds. The van der Waals surface area contributed by atoms with E-state index in [0.29, 0.717) is 25.4 Å². The van der Waals surface area contributed by atoms with Crippen molar-refractivity contribution in [3.63, 3.8) is 0 Å². The van der Waals surface area contributed by atoms with Crippen LogP contribution in [0, 0.1) is 6.92 Å². The van der Waals surface area contributed by atoms with Gasteiger partial charge >= 0.3 is 5.97 Å². The molecule has 0 bridgehead atoms. The summed E-state index contributed by atoms with van der Waals surface area (Å²) in [5.41, 5.74) is 1.14. The maximum Gasteiger partial charge on any atom is 0.307 e. The lowest BCUT2D eigenvalue weighted by Gasteiger charge is -2.26. The van der Waals surface area contributed by atoms with Gasteiger partial charge in [0.2, 0.25) is 0 Å². The third-order valence-corrected chi connectivity index (χ3v) is 4.21. The maximum atomic E-state index is 12.6. The molecule has 1 rings (SSSR count). The van der Waals surface area contributed by atoms with Gasteiger partial charge in [-0.05, 0) is 39.1 Å². The molecule has 0 saturated carbocycles. The summed E-state index contributed by atoms with van der Waals surface area (Å²) in [5.74, 6) is 0.257. The minimum atomic E-state index is -0.285. The first-order valence-corrected chi connectivity index (χ1v) is 9.35. The monoisotopic (exact) mass is 364 g/mol. The van der Waals surface area contributed by atoms with Crippen LogP contribution in [0.15, 0.2) is 24.3 Å². The minimum absolute atomic E-state index is 0.0376. The van der Waals surface area contributed by atoms with Crippen molar-refractivity contribution >= 4 is 11.9 Å². The van der Waals surface area contributed by atoms with Gasteiger partial charge < -0.3 is 19.3 Å². The van der Waals surface area contributed by atoms with Crippen molar-refractivity contribution in [3.05, 3.63) is 29.8 Å². The lowest BCUT2D eigenvalue weighted by atomic mass is 10.2. The van der Waals surface area contributed by atoms with E-state index < -0.39 is 0 Å². The number of amides is 1. The fraction of sp³-hybridized carbons (Fsp3) is 0.600. The van der Waals surface area contributed by atoms with E-state index in [1.54, 1.807) is 11.8 Å². The zero-order valence-corrected chi connectivity index (χ0v) is 16.5. The van der Waals surface area contributed by atoms with Crippen LogP contribution in [0.1, 0.15) is 32.8 Å². The molecule has 0 aromatic heterocycles. The molecule has 0 atom stereocenters. The average Bonchev–Trinajstić information content (AvgIpc) is 2.64. The van der Waals surface area contributed by atoms with E-state index in [1.165, 1.54) is 0 Å². The Morgan fingerprint density at radius 1 is 0.962 bits per heavy atom. The molecule has 0 aliphatic rings. The normalized spacial score (nSPS) is 10.7. The van der Waals surface area contributed by atoms with Crippen LogP contribution in [0.25, 0.3) is 0 Å². The van der Waals surface area contributed by atoms with E-state index in [4.69, 9.17) is 9.47 Å². The predicted molar refractivity (Wildman–Crippen MR) is 102 cm³/mol.